The van der Waals surface area contributed by atoms with E-state index in [0.29, 0.717) is 31.2 Å². The van der Waals surface area contributed by atoms with Gasteiger partial charge < -0.3 is 20.1 Å². The molecule has 1 saturated carbocycles. The van der Waals surface area contributed by atoms with E-state index in [1.165, 1.54) is 6.07 Å². The number of benzene rings is 2. The van der Waals surface area contributed by atoms with Gasteiger partial charge in [-0.25, -0.2) is 0 Å². The predicted molar refractivity (Wildman–Crippen MR) is 113 cm³/mol. The lowest BCUT2D eigenvalue weighted by Crippen LogP contribution is -2.36. The van der Waals surface area contributed by atoms with E-state index in [9.17, 15) is 14.9 Å². The second-order valence-corrected chi connectivity index (χ2v) is 8.33. The maximum absolute atomic E-state index is 12.7. The molecule has 30 heavy (non-hydrogen) atoms. The first-order chi connectivity index (χ1) is 14.3. The molecule has 2 aromatic carbocycles. The molecule has 2 aliphatic rings. The van der Waals surface area contributed by atoms with Crippen LogP contribution >= 0.6 is 0 Å². The van der Waals surface area contributed by atoms with Crippen molar-refractivity contribution in [3.8, 4) is 11.5 Å². The lowest BCUT2D eigenvalue weighted by atomic mass is 9.84. The van der Waals surface area contributed by atoms with E-state index < -0.39 is 4.92 Å². The van der Waals surface area contributed by atoms with Crippen molar-refractivity contribution in [3.63, 3.8) is 0 Å². The lowest BCUT2D eigenvalue weighted by Gasteiger charge is -2.28. The quantitative estimate of drug-likeness (QED) is 0.533. The zero-order valence-electron chi connectivity index (χ0n) is 17.1. The third-order valence-electron chi connectivity index (χ3n) is 5.41. The number of nitrogens with one attached hydrogen (secondary N) is 2. The fourth-order valence-electron chi connectivity index (χ4n) is 3.36. The molecule has 0 bridgehead atoms. The topological polar surface area (TPSA) is 103 Å². The first kappa shape index (κ1) is 20.0. The van der Waals surface area contributed by atoms with Crippen LogP contribution in [0.5, 0.6) is 11.5 Å². The molecule has 4 rings (SSSR count). The summed E-state index contributed by atoms with van der Waals surface area (Å²) in [5.41, 5.74) is 1.27. The van der Waals surface area contributed by atoms with Gasteiger partial charge in [-0.3, -0.25) is 14.9 Å². The van der Waals surface area contributed by atoms with Gasteiger partial charge in [-0.2, -0.15) is 0 Å². The normalized spacial score (nSPS) is 15.4. The van der Waals surface area contributed by atoms with E-state index in [4.69, 9.17) is 9.47 Å². The van der Waals surface area contributed by atoms with Gasteiger partial charge >= 0.3 is 0 Å². The molecule has 1 aliphatic carbocycles. The minimum absolute atomic E-state index is 0.0827. The van der Waals surface area contributed by atoms with Crippen LogP contribution in [0.4, 0.5) is 11.4 Å². The van der Waals surface area contributed by atoms with Gasteiger partial charge in [-0.15, -0.1) is 0 Å². The summed E-state index contributed by atoms with van der Waals surface area (Å²) >= 11 is 0. The highest BCUT2D eigenvalue weighted by atomic mass is 16.6. The van der Waals surface area contributed by atoms with Crippen molar-refractivity contribution < 1.29 is 19.2 Å². The number of ether oxygens (including phenoxy) is 2. The second-order valence-electron chi connectivity index (χ2n) is 8.33. The number of carbonyl (C=O) groups excluding carboxylic acids is 1. The Morgan fingerprint density at radius 3 is 2.57 bits per heavy atom. The number of nitro benzene ring substituents is 1. The van der Waals surface area contributed by atoms with Crippen molar-refractivity contribution in [2.45, 2.75) is 38.1 Å². The number of rotatable bonds is 7. The van der Waals surface area contributed by atoms with Crippen molar-refractivity contribution in [1.82, 2.24) is 5.32 Å². The Hall–Kier alpha value is -3.29. The number of fused-ring (bicyclic) bond motifs is 1. The summed E-state index contributed by atoms with van der Waals surface area (Å²) in [5, 5.41) is 17.5. The molecule has 1 fully saturated rings. The highest BCUT2D eigenvalue weighted by molar-refractivity contribution is 5.95. The van der Waals surface area contributed by atoms with Crippen LogP contribution in [0.15, 0.2) is 36.4 Å². The van der Waals surface area contributed by atoms with E-state index in [-0.39, 0.29) is 28.6 Å². The van der Waals surface area contributed by atoms with Crippen LogP contribution in [0.1, 0.15) is 42.6 Å². The van der Waals surface area contributed by atoms with Crippen LogP contribution in [0.2, 0.25) is 0 Å². The molecule has 2 N–H and O–H groups in total. The minimum Gasteiger partial charge on any atom is -0.486 e. The van der Waals surface area contributed by atoms with E-state index in [0.717, 1.165) is 24.2 Å². The summed E-state index contributed by atoms with van der Waals surface area (Å²) in [6, 6.07) is 10.6. The lowest BCUT2D eigenvalue weighted by molar-refractivity contribution is -0.384. The fraction of sp³-hybridized carbons (Fsp3) is 0.409. The van der Waals surface area contributed by atoms with Crippen molar-refractivity contribution in [3.05, 3.63) is 57.6 Å². The SMILES string of the molecule is CC(C)(CNC(=O)c1ccc(NC2CC2)c([N+](=O)[O-])c1)c1ccc2c(c1)OCCO2. The van der Waals surface area contributed by atoms with Crippen LogP contribution in [-0.2, 0) is 5.41 Å². The zero-order valence-corrected chi connectivity index (χ0v) is 17.1. The maximum atomic E-state index is 12.7. The molecule has 0 radical (unpaired) electrons. The van der Waals surface area contributed by atoms with E-state index >= 15 is 0 Å². The number of carbonyl (C=O) groups is 1. The smallest absolute Gasteiger partial charge is 0.293 e. The average Bonchev–Trinajstić information content (AvgIpc) is 3.56. The molecule has 158 valence electrons. The third kappa shape index (κ3) is 4.32. The van der Waals surface area contributed by atoms with Crippen LogP contribution in [0, 0.1) is 10.1 Å². The molecule has 0 saturated heterocycles. The molecule has 8 heteroatoms. The summed E-state index contributed by atoms with van der Waals surface area (Å²) in [5.74, 6) is 1.08. The Morgan fingerprint density at radius 2 is 1.87 bits per heavy atom. The van der Waals surface area contributed by atoms with Crippen LogP contribution in [-0.4, -0.2) is 36.6 Å². The van der Waals surface area contributed by atoms with Gasteiger partial charge in [0.1, 0.15) is 18.9 Å². The zero-order chi connectivity index (χ0) is 21.3. The number of nitrogens with zero attached hydrogens (tertiary/aromatic N) is 1. The van der Waals surface area contributed by atoms with Gasteiger partial charge in [0.25, 0.3) is 11.6 Å². The summed E-state index contributed by atoms with van der Waals surface area (Å²) in [4.78, 5) is 23.6. The molecule has 0 aromatic heterocycles. The molecule has 0 unspecified atom stereocenters. The molecule has 0 atom stereocenters. The van der Waals surface area contributed by atoms with E-state index in [1.54, 1.807) is 12.1 Å². The van der Waals surface area contributed by atoms with Crippen molar-refractivity contribution in [2.24, 2.45) is 0 Å². The van der Waals surface area contributed by atoms with Crippen LogP contribution in [0.3, 0.4) is 0 Å². The highest BCUT2D eigenvalue weighted by Crippen LogP contribution is 2.35. The van der Waals surface area contributed by atoms with Gasteiger partial charge in [-0.1, -0.05) is 19.9 Å². The molecule has 8 nitrogen and oxygen atoms in total. The predicted octanol–water partition coefficient (Wildman–Crippen LogP) is 3.65. The van der Waals surface area contributed by atoms with Crippen molar-refractivity contribution in [2.75, 3.05) is 25.1 Å². The molecular weight excluding hydrogens is 386 g/mol. The largest absolute Gasteiger partial charge is 0.486 e. The number of hydrogen-bond acceptors (Lipinski definition) is 6. The Bertz CT molecular complexity index is 985. The third-order valence-corrected chi connectivity index (χ3v) is 5.41. The van der Waals surface area contributed by atoms with E-state index in [1.807, 2.05) is 32.0 Å². The number of hydrogen-bond donors (Lipinski definition) is 2. The van der Waals surface area contributed by atoms with Gasteiger partial charge in [0.2, 0.25) is 0 Å². The number of anilines is 1. The minimum atomic E-state index is -0.458. The standard InChI is InChI=1S/C22H25N3O5/c1-22(2,15-4-8-19-20(12-15)30-10-9-29-19)13-23-21(26)14-3-7-17(24-16-5-6-16)18(11-14)25(27)28/h3-4,7-8,11-12,16,24H,5-6,9-10,13H2,1-2H3,(H,23,26). The van der Waals surface area contributed by atoms with Gasteiger partial charge in [0.05, 0.1) is 4.92 Å². The molecule has 1 aliphatic heterocycles. The first-order valence-corrected chi connectivity index (χ1v) is 10.1. The van der Waals surface area contributed by atoms with Crippen molar-refractivity contribution in [1.29, 1.82) is 0 Å². The summed E-state index contributed by atoms with van der Waals surface area (Å²) in [6.07, 6.45) is 2.02. The van der Waals surface area contributed by atoms with Crippen LogP contribution in [0.25, 0.3) is 0 Å². The van der Waals surface area contributed by atoms with E-state index in [2.05, 4.69) is 10.6 Å². The van der Waals surface area contributed by atoms with Crippen molar-refractivity contribution >= 4 is 17.3 Å². The first-order valence-electron chi connectivity index (χ1n) is 10.1. The average molecular weight is 411 g/mol. The fourth-order valence-corrected chi connectivity index (χ4v) is 3.36. The van der Waals surface area contributed by atoms with Gasteiger partial charge in [-0.05, 0) is 42.7 Å². The second kappa shape index (κ2) is 7.85. The Morgan fingerprint density at radius 1 is 1.13 bits per heavy atom. The van der Waals surface area contributed by atoms with Gasteiger partial charge in [0.15, 0.2) is 11.5 Å². The maximum Gasteiger partial charge on any atom is 0.293 e. The highest BCUT2D eigenvalue weighted by Gasteiger charge is 2.27. The number of amides is 1. The monoisotopic (exact) mass is 411 g/mol. The summed E-state index contributed by atoms with van der Waals surface area (Å²) < 4.78 is 11.2. The molecular formula is C22H25N3O5. The number of nitro groups is 1. The molecule has 0 spiro atoms. The summed E-state index contributed by atoms with van der Waals surface area (Å²) in [7, 11) is 0. The molecule has 1 amide bonds. The molecule has 2 aromatic rings. The molecule has 1 heterocycles. The Kier molecular flexibility index (Phi) is 5.24. The Balaban J connectivity index is 1.45. The Labute approximate surface area is 174 Å². The van der Waals surface area contributed by atoms with Gasteiger partial charge in [0, 0.05) is 29.6 Å². The summed E-state index contributed by atoms with van der Waals surface area (Å²) in [6.45, 7) is 5.44. The van der Waals surface area contributed by atoms with Crippen LogP contribution < -0.4 is 20.1 Å².